The second-order valence-corrected chi connectivity index (χ2v) is 9.55. The summed E-state index contributed by atoms with van der Waals surface area (Å²) in [5.74, 6) is 3.41. The molecule has 2 nitrogen and oxygen atoms in total. The lowest BCUT2D eigenvalue weighted by Gasteiger charge is -2.25. The first-order chi connectivity index (χ1) is 13.9. The van der Waals surface area contributed by atoms with Crippen LogP contribution >= 0.6 is 0 Å². The molecule has 0 saturated heterocycles. The number of ether oxygens (including phenoxy) is 1. The number of aromatic nitrogens is 1. The zero-order valence-electron chi connectivity index (χ0n) is 18.4. The smallest absolute Gasteiger partial charge is 0.256 e. The van der Waals surface area contributed by atoms with E-state index in [1.54, 1.807) is 0 Å². The first-order valence-electron chi connectivity index (χ1n) is 11.2. The van der Waals surface area contributed by atoms with Crippen LogP contribution in [0.15, 0.2) is 30.5 Å². The van der Waals surface area contributed by atoms with Crippen LogP contribution in [0, 0.1) is 19.8 Å². The predicted molar refractivity (Wildman–Crippen MR) is 120 cm³/mol. The quantitative estimate of drug-likeness (QED) is 0.349. The van der Waals surface area contributed by atoms with E-state index in [0.717, 1.165) is 23.8 Å². The topological polar surface area (TPSA) is 13.1 Å². The van der Waals surface area contributed by atoms with Crippen molar-refractivity contribution in [3.63, 3.8) is 0 Å². The van der Waals surface area contributed by atoms with Crippen molar-refractivity contribution in [2.24, 2.45) is 13.0 Å². The fourth-order valence-corrected chi connectivity index (χ4v) is 5.34. The molecule has 0 unspecified atom stereocenters. The fraction of sp³-hybridized carbons (Fsp3) is 0.444. The van der Waals surface area contributed by atoms with Crippen molar-refractivity contribution in [3.05, 3.63) is 52.7 Å². The summed E-state index contributed by atoms with van der Waals surface area (Å²) >= 11 is 0. The number of benzene rings is 2. The van der Waals surface area contributed by atoms with Gasteiger partial charge in [-0.25, -0.2) is 0 Å². The predicted octanol–water partition coefficient (Wildman–Crippen LogP) is 6.91. The Balaban J connectivity index is 1.79. The van der Waals surface area contributed by atoms with Crippen LogP contribution in [0.5, 0.6) is 11.5 Å². The Bertz CT molecular complexity index is 1120. The molecule has 150 valence electrons. The van der Waals surface area contributed by atoms with Crippen molar-refractivity contribution >= 4 is 10.8 Å². The van der Waals surface area contributed by atoms with Gasteiger partial charge < -0.3 is 4.74 Å². The van der Waals surface area contributed by atoms with Gasteiger partial charge in [-0.05, 0) is 60.2 Å². The Labute approximate surface area is 174 Å². The maximum absolute atomic E-state index is 6.74. The van der Waals surface area contributed by atoms with Gasteiger partial charge in [-0.15, -0.1) is 0 Å². The number of aryl methyl sites for hydroxylation is 2. The van der Waals surface area contributed by atoms with Crippen LogP contribution in [0.2, 0.25) is 0 Å². The van der Waals surface area contributed by atoms with Gasteiger partial charge in [0.2, 0.25) is 5.75 Å². The lowest BCUT2D eigenvalue weighted by Crippen LogP contribution is -2.32. The first-order valence-corrected chi connectivity index (χ1v) is 11.2. The van der Waals surface area contributed by atoms with Crippen molar-refractivity contribution in [3.8, 4) is 22.8 Å². The molecular formula is C27H32NO+. The van der Waals surface area contributed by atoms with Gasteiger partial charge in [0.15, 0.2) is 6.20 Å². The number of pyridine rings is 1. The Hall–Kier alpha value is -2.35. The van der Waals surface area contributed by atoms with Crippen LogP contribution in [-0.4, -0.2) is 0 Å². The molecule has 2 aliphatic rings. The molecular weight excluding hydrogens is 354 g/mol. The van der Waals surface area contributed by atoms with Gasteiger partial charge in [-0.3, -0.25) is 0 Å². The summed E-state index contributed by atoms with van der Waals surface area (Å²) in [5, 5.41) is 2.58. The third-order valence-electron chi connectivity index (χ3n) is 7.20. The van der Waals surface area contributed by atoms with Gasteiger partial charge in [0.05, 0.1) is 5.56 Å². The summed E-state index contributed by atoms with van der Waals surface area (Å²) in [4.78, 5) is 0. The highest BCUT2D eigenvalue weighted by molar-refractivity contribution is 6.05. The third-order valence-corrected chi connectivity index (χ3v) is 7.20. The number of rotatable bonds is 3. The second-order valence-electron chi connectivity index (χ2n) is 9.55. The van der Waals surface area contributed by atoms with Crippen LogP contribution < -0.4 is 9.30 Å². The Kier molecular flexibility index (Phi) is 4.42. The monoisotopic (exact) mass is 386 g/mol. The van der Waals surface area contributed by atoms with Gasteiger partial charge in [-0.2, -0.15) is 4.57 Å². The molecule has 3 aromatic rings. The first kappa shape index (κ1) is 18.7. The van der Waals surface area contributed by atoms with Crippen LogP contribution in [0.25, 0.3) is 22.0 Å². The summed E-state index contributed by atoms with van der Waals surface area (Å²) in [6, 6.07) is 9.26. The second kappa shape index (κ2) is 6.86. The summed E-state index contributed by atoms with van der Waals surface area (Å²) in [7, 11) is 2.16. The van der Waals surface area contributed by atoms with E-state index in [1.807, 2.05) is 0 Å². The minimum Gasteiger partial charge on any atom is -0.449 e. The maximum Gasteiger partial charge on any atom is 0.256 e. The minimum absolute atomic E-state index is 0.482. The molecule has 0 atom stereocenters. The normalized spacial score (nSPS) is 15.8. The summed E-state index contributed by atoms with van der Waals surface area (Å²) < 4.78 is 8.99. The molecule has 1 aliphatic carbocycles. The fourth-order valence-electron chi connectivity index (χ4n) is 5.34. The number of hydrogen-bond donors (Lipinski definition) is 0. The van der Waals surface area contributed by atoms with E-state index in [4.69, 9.17) is 4.74 Å². The lowest BCUT2D eigenvalue weighted by atomic mass is 9.87. The Morgan fingerprint density at radius 3 is 2.59 bits per heavy atom. The molecule has 0 spiro atoms. The molecule has 2 aromatic carbocycles. The minimum atomic E-state index is 0.482. The molecule has 0 amide bonds. The van der Waals surface area contributed by atoms with E-state index in [9.17, 15) is 0 Å². The Morgan fingerprint density at radius 2 is 1.86 bits per heavy atom. The van der Waals surface area contributed by atoms with Crippen LogP contribution in [0.3, 0.4) is 0 Å². The van der Waals surface area contributed by atoms with Crippen molar-refractivity contribution < 1.29 is 9.30 Å². The highest BCUT2D eigenvalue weighted by Crippen LogP contribution is 2.50. The van der Waals surface area contributed by atoms with Gasteiger partial charge >= 0.3 is 0 Å². The van der Waals surface area contributed by atoms with Gasteiger partial charge in [0, 0.05) is 17.0 Å². The summed E-state index contributed by atoms with van der Waals surface area (Å²) in [6.07, 6.45) is 8.85. The van der Waals surface area contributed by atoms with Crippen molar-refractivity contribution in [2.75, 3.05) is 0 Å². The SMILES string of the molecule is Cc1cc2cc(C(C)C)cc3c2c(c1C)-c1c(c(CC2CCCC2)cc[n+]1C)O3. The van der Waals surface area contributed by atoms with Crippen molar-refractivity contribution in [1.82, 2.24) is 0 Å². The average Bonchev–Trinajstić information content (AvgIpc) is 3.20. The number of hydrogen-bond acceptors (Lipinski definition) is 1. The van der Waals surface area contributed by atoms with E-state index in [2.05, 4.69) is 69.8 Å². The van der Waals surface area contributed by atoms with E-state index < -0.39 is 0 Å². The molecule has 0 N–H and O–H groups in total. The third kappa shape index (κ3) is 2.96. The lowest BCUT2D eigenvalue weighted by molar-refractivity contribution is -0.660. The molecule has 0 bridgehead atoms. The molecule has 0 radical (unpaired) electrons. The molecule has 5 rings (SSSR count). The Morgan fingerprint density at radius 1 is 1.10 bits per heavy atom. The molecule has 2 heterocycles. The van der Waals surface area contributed by atoms with E-state index in [-0.39, 0.29) is 0 Å². The number of nitrogens with zero attached hydrogens (tertiary/aromatic N) is 1. The summed E-state index contributed by atoms with van der Waals surface area (Å²) in [6.45, 7) is 9.03. The van der Waals surface area contributed by atoms with Gasteiger partial charge in [0.25, 0.3) is 5.69 Å². The van der Waals surface area contributed by atoms with Crippen LogP contribution in [-0.2, 0) is 13.5 Å². The molecule has 1 aromatic heterocycles. The van der Waals surface area contributed by atoms with Gasteiger partial charge in [-0.1, -0.05) is 51.7 Å². The molecule has 2 heteroatoms. The maximum atomic E-state index is 6.74. The largest absolute Gasteiger partial charge is 0.449 e. The van der Waals surface area contributed by atoms with Crippen molar-refractivity contribution in [1.29, 1.82) is 0 Å². The van der Waals surface area contributed by atoms with Crippen LogP contribution in [0.4, 0.5) is 0 Å². The highest BCUT2D eigenvalue weighted by atomic mass is 16.5. The van der Waals surface area contributed by atoms with Crippen molar-refractivity contribution in [2.45, 2.75) is 65.7 Å². The van der Waals surface area contributed by atoms with E-state index >= 15 is 0 Å². The highest BCUT2D eigenvalue weighted by Gasteiger charge is 2.33. The van der Waals surface area contributed by atoms with Crippen LogP contribution in [0.1, 0.15) is 67.7 Å². The standard InChI is InChI=1S/C27H32NO/c1-16(2)21-14-22-12-17(3)18(4)24-25(22)23(15-21)29-27-20(10-11-28(5)26(24)27)13-19-8-6-7-9-19/h10-12,14-16,19H,6-9,13H2,1-5H3/q+1. The molecule has 29 heavy (non-hydrogen) atoms. The number of fused-ring (bicyclic) bond motifs is 2. The summed E-state index contributed by atoms with van der Waals surface area (Å²) in [5.41, 5.74) is 8.06. The molecule has 1 saturated carbocycles. The zero-order chi connectivity index (χ0) is 20.3. The van der Waals surface area contributed by atoms with E-state index in [0.29, 0.717) is 5.92 Å². The van der Waals surface area contributed by atoms with E-state index in [1.165, 1.54) is 70.0 Å². The van der Waals surface area contributed by atoms with Gasteiger partial charge in [0.1, 0.15) is 12.8 Å². The zero-order valence-corrected chi connectivity index (χ0v) is 18.4. The molecule has 1 aliphatic heterocycles. The average molecular weight is 387 g/mol. The molecule has 1 fully saturated rings.